The number of nitrogens with one attached hydrogen (secondary N) is 2. The molecular formula is C26H25N3O3S. The summed E-state index contributed by atoms with van der Waals surface area (Å²) in [7, 11) is 1.62. The van der Waals surface area contributed by atoms with Crippen LogP contribution in [0.15, 0.2) is 71.1 Å². The SMILES string of the molecule is COc1cccc(-c2nc3cc(NC(=S)NC(=O)c4ccc(C(C)(C)C)cc4)ccc3o2)c1. The summed E-state index contributed by atoms with van der Waals surface area (Å²) >= 11 is 5.33. The monoisotopic (exact) mass is 459 g/mol. The van der Waals surface area contributed by atoms with Crippen LogP contribution < -0.4 is 15.4 Å². The number of amides is 1. The van der Waals surface area contributed by atoms with Crippen LogP contribution in [0.2, 0.25) is 0 Å². The van der Waals surface area contributed by atoms with E-state index in [4.69, 9.17) is 21.4 Å². The summed E-state index contributed by atoms with van der Waals surface area (Å²) in [6.07, 6.45) is 0. The first-order chi connectivity index (χ1) is 15.7. The van der Waals surface area contributed by atoms with Crippen molar-refractivity contribution in [2.24, 2.45) is 0 Å². The van der Waals surface area contributed by atoms with Crippen LogP contribution in [0.3, 0.4) is 0 Å². The number of carbonyl (C=O) groups excluding carboxylic acids is 1. The van der Waals surface area contributed by atoms with Gasteiger partial charge >= 0.3 is 0 Å². The first-order valence-corrected chi connectivity index (χ1v) is 10.9. The zero-order chi connectivity index (χ0) is 23.6. The van der Waals surface area contributed by atoms with Gasteiger partial charge in [-0.2, -0.15) is 0 Å². The third-order valence-electron chi connectivity index (χ3n) is 5.20. The highest BCUT2D eigenvalue weighted by Gasteiger charge is 2.15. The van der Waals surface area contributed by atoms with Gasteiger partial charge in [-0.1, -0.05) is 39.0 Å². The molecule has 4 aromatic rings. The molecule has 0 unspecified atom stereocenters. The summed E-state index contributed by atoms with van der Waals surface area (Å²) in [4.78, 5) is 17.1. The van der Waals surface area contributed by atoms with Gasteiger partial charge in [0.15, 0.2) is 10.7 Å². The average Bonchev–Trinajstić information content (AvgIpc) is 3.22. The zero-order valence-corrected chi connectivity index (χ0v) is 19.7. The normalized spacial score (nSPS) is 11.3. The minimum Gasteiger partial charge on any atom is -0.497 e. The number of thiocarbonyl (C=S) groups is 1. The molecule has 0 saturated heterocycles. The predicted octanol–water partition coefficient (Wildman–Crippen LogP) is 5.93. The summed E-state index contributed by atoms with van der Waals surface area (Å²) in [6.45, 7) is 6.39. The molecule has 168 valence electrons. The second-order valence-electron chi connectivity index (χ2n) is 8.67. The largest absolute Gasteiger partial charge is 0.497 e. The van der Waals surface area contributed by atoms with Crippen molar-refractivity contribution in [2.75, 3.05) is 12.4 Å². The molecule has 7 heteroatoms. The molecule has 0 spiro atoms. The Hall–Kier alpha value is -3.71. The molecule has 0 aliphatic carbocycles. The van der Waals surface area contributed by atoms with E-state index in [2.05, 4.69) is 36.4 Å². The van der Waals surface area contributed by atoms with Gasteiger partial charge in [0.25, 0.3) is 5.91 Å². The molecule has 33 heavy (non-hydrogen) atoms. The van der Waals surface area contributed by atoms with Crippen molar-refractivity contribution in [3.05, 3.63) is 77.9 Å². The van der Waals surface area contributed by atoms with Gasteiger partial charge in [-0.3, -0.25) is 10.1 Å². The minimum absolute atomic E-state index is 0.0259. The van der Waals surface area contributed by atoms with Gasteiger partial charge in [0.2, 0.25) is 5.89 Å². The fraction of sp³-hybridized carbons (Fsp3) is 0.192. The van der Waals surface area contributed by atoms with Crippen LogP contribution >= 0.6 is 12.2 Å². The van der Waals surface area contributed by atoms with E-state index in [1.54, 1.807) is 19.2 Å². The maximum Gasteiger partial charge on any atom is 0.257 e. The highest BCUT2D eigenvalue weighted by Crippen LogP contribution is 2.28. The number of benzene rings is 3. The van der Waals surface area contributed by atoms with Crippen LogP contribution in [-0.4, -0.2) is 23.1 Å². The Morgan fingerprint density at radius 2 is 1.79 bits per heavy atom. The van der Waals surface area contributed by atoms with Crippen molar-refractivity contribution < 1.29 is 13.9 Å². The predicted molar refractivity (Wildman–Crippen MR) is 135 cm³/mol. The third kappa shape index (κ3) is 5.21. The van der Waals surface area contributed by atoms with E-state index < -0.39 is 0 Å². The molecule has 0 aliphatic heterocycles. The summed E-state index contributed by atoms with van der Waals surface area (Å²) in [6, 6.07) is 20.5. The average molecular weight is 460 g/mol. The van der Waals surface area contributed by atoms with Gasteiger partial charge in [-0.15, -0.1) is 0 Å². The number of oxazole rings is 1. The van der Waals surface area contributed by atoms with Crippen molar-refractivity contribution in [1.29, 1.82) is 0 Å². The minimum atomic E-state index is -0.268. The molecule has 1 aromatic heterocycles. The van der Waals surface area contributed by atoms with Crippen LogP contribution in [0.4, 0.5) is 5.69 Å². The molecule has 0 saturated carbocycles. The van der Waals surface area contributed by atoms with E-state index in [-0.39, 0.29) is 16.4 Å². The van der Waals surface area contributed by atoms with Gasteiger partial charge < -0.3 is 14.5 Å². The third-order valence-corrected chi connectivity index (χ3v) is 5.41. The Balaban J connectivity index is 1.45. The van der Waals surface area contributed by atoms with Crippen LogP contribution in [0, 0.1) is 0 Å². The summed E-state index contributed by atoms with van der Waals surface area (Å²) in [5, 5.41) is 5.96. The van der Waals surface area contributed by atoms with Gasteiger partial charge in [-0.25, -0.2) is 4.98 Å². The van der Waals surface area contributed by atoms with Crippen molar-refractivity contribution in [2.45, 2.75) is 26.2 Å². The molecular weight excluding hydrogens is 434 g/mol. The van der Waals surface area contributed by atoms with Crippen molar-refractivity contribution in [3.63, 3.8) is 0 Å². The van der Waals surface area contributed by atoms with Crippen molar-refractivity contribution in [3.8, 4) is 17.2 Å². The van der Waals surface area contributed by atoms with E-state index in [1.807, 2.05) is 54.6 Å². The number of aromatic nitrogens is 1. The summed E-state index contributed by atoms with van der Waals surface area (Å²) in [5.74, 6) is 0.956. The smallest absolute Gasteiger partial charge is 0.257 e. The second-order valence-corrected chi connectivity index (χ2v) is 9.08. The maximum absolute atomic E-state index is 12.6. The van der Waals surface area contributed by atoms with Gasteiger partial charge in [0.05, 0.1) is 7.11 Å². The van der Waals surface area contributed by atoms with Crippen LogP contribution in [0.1, 0.15) is 36.7 Å². The molecule has 4 rings (SSSR count). The molecule has 0 fully saturated rings. The number of carbonyl (C=O) groups is 1. The first-order valence-electron chi connectivity index (χ1n) is 10.5. The fourth-order valence-electron chi connectivity index (χ4n) is 3.34. The van der Waals surface area contributed by atoms with E-state index in [9.17, 15) is 4.79 Å². The zero-order valence-electron chi connectivity index (χ0n) is 18.9. The Bertz CT molecular complexity index is 1320. The Morgan fingerprint density at radius 3 is 2.48 bits per heavy atom. The Kier molecular flexibility index (Phi) is 6.16. The second kappa shape index (κ2) is 9.03. The van der Waals surface area contributed by atoms with E-state index in [1.165, 1.54) is 0 Å². The van der Waals surface area contributed by atoms with Crippen molar-refractivity contribution in [1.82, 2.24) is 10.3 Å². The molecule has 0 atom stereocenters. The number of rotatable bonds is 4. The molecule has 6 nitrogen and oxygen atoms in total. The topological polar surface area (TPSA) is 76.4 Å². The lowest BCUT2D eigenvalue weighted by Crippen LogP contribution is -2.34. The van der Waals surface area contributed by atoms with Gasteiger partial charge in [0, 0.05) is 16.8 Å². The quantitative estimate of drug-likeness (QED) is 0.369. The lowest BCUT2D eigenvalue weighted by atomic mass is 9.87. The number of methoxy groups -OCH3 is 1. The lowest BCUT2D eigenvalue weighted by molar-refractivity contribution is 0.0977. The standard InChI is InChI=1S/C26H25N3O3S/c1-26(2,3)18-10-8-16(9-11-18)23(30)29-25(33)27-19-12-13-22-21(15-19)28-24(32-22)17-6-5-7-20(14-17)31-4/h5-15H,1-4H3,(H2,27,29,30,33). The van der Waals surface area contributed by atoms with Crippen molar-refractivity contribution >= 4 is 40.0 Å². The number of nitrogens with zero attached hydrogens (tertiary/aromatic N) is 1. The number of anilines is 1. The Labute approximate surface area is 198 Å². The number of hydrogen-bond acceptors (Lipinski definition) is 5. The maximum atomic E-state index is 12.6. The number of ether oxygens (including phenoxy) is 1. The number of fused-ring (bicyclic) bond motifs is 1. The summed E-state index contributed by atoms with van der Waals surface area (Å²) in [5.41, 5.74) is 4.56. The van der Waals surface area contributed by atoms with E-state index >= 15 is 0 Å². The lowest BCUT2D eigenvalue weighted by Gasteiger charge is -2.19. The molecule has 0 radical (unpaired) electrons. The van der Waals surface area contributed by atoms with Crippen LogP contribution in [0.25, 0.3) is 22.6 Å². The molecule has 1 heterocycles. The molecule has 1 amide bonds. The van der Waals surface area contributed by atoms with E-state index in [0.29, 0.717) is 28.2 Å². The molecule has 0 bridgehead atoms. The highest BCUT2D eigenvalue weighted by atomic mass is 32.1. The Morgan fingerprint density at radius 1 is 1.03 bits per heavy atom. The van der Waals surface area contributed by atoms with Crippen LogP contribution in [0.5, 0.6) is 5.75 Å². The van der Waals surface area contributed by atoms with Gasteiger partial charge in [-0.05, 0) is 71.7 Å². The highest BCUT2D eigenvalue weighted by molar-refractivity contribution is 7.80. The number of hydrogen-bond donors (Lipinski definition) is 2. The summed E-state index contributed by atoms with van der Waals surface area (Å²) < 4.78 is 11.1. The fourth-order valence-corrected chi connectivity index (χ4v) is 3.55. The van der Waals surface area contributed by atoms with Gasteiger partial charge in [0.1, 0.15) is 11.3 Å². The molecule has 2 N–H and O–H groups in total. The van der Waals surface area contributed by atoms with E-state index in [0.717, 1.165) is 16.9 Å². The molecule has 3 aromatic carbocycles. The molecule has 0 aliphatic rings. The first kappa shape index (κ1) is 22.5. The van der Waals surface area contributed by atoms with Crippen LogP contribution in [-0.2, 0) is 5.41 Å².